The van der Waals surface area contributed by atoms with Gasteiger partial charge in [0.25, 0.3) is 5.91 Å². The van der Waals surface area contributed by atoms with Crippen LogP contribution in [0.5, 0.6) is 11.5 Å². The summed E-state index contributed by atoms with van der Waals surface area (Å²) in [5.41, 5.74) is 2.16. The number of hydrogen-bond acceptors (Lipinski definition) is 7. The van der Waals surface area contributed by atoms with Crippen LogP contribution in [0.4, 0.5) is 0 Å². The first kappa shape index (κ1) is 27.0. The Hall–Kier alpha value is -4.56. The smallest absolute Gasteiger partial charge is 0.290 e. The van der Waals surface area contributed by atoms with Crippen molar-refractivity contribution in [2.24, 2.45) is 0 Å². The predicted octanol–water partition coefficient (Wildman–Crippen LogP) is 5.55. The number of methoxy groups -OCH3 is 1. The molecule has 2 heterocycles. The van der Waals surface area contributed by atoms with Crippen molar-refractivity contribution in [3.05, 3.63) is 107 Å². The van der Waals surface area contributed by atoms with Gasteiger partial charge in [-0.1, -0.05) is 54.6 Å². The number of aliphatic hydroxyl groups is 1. The summed E-state index contributed by atoms with van der Waals surface area (Å²) in [4.78, 5) is 30.7. The van der Waals surface area contributed by atoms with E-state index in [-0.39, 0.29) is 11.3 Å². The van der Waals surface area contributed by atoms with Gasteiger partial charge in [-0.25, -0.2) is 0 Å². The van der Waals surface area contributed by atoms with Gasteiger partial charge >= 0.3 is 0 Å². The highest BCUT2D eigenvalue weighted by molar-refractivity contribution is 6.16. The summed E-state index contributed by atoms with van der Waals surface area (Å²) < 4.78 is 17.5. The first-order chi connectivity index (χ1) is 19.4. The van der Waals surface area contributed by atoms with Gasteiger partial charge in [-0.05, 0) is 62.5 Å². The molecule has 0 radical (unpaired) electrons. The summed E-state index contributed by atoms with van der Waals surface area (Å²) in [5, 5.41) is 11.8. The van der Waals surface area contributed by atoms with E-state index in [1.165, 1.54) is 12.0 Å². The molecule has 1 atom stereocenters. The van der Waals surface area contributed by atoms with Gasteiger partial charge in [0.2, 0.25) is 5.78 Å². The fraction of sp³-hybridized carbons (Fsp3) is 0.250. The lowest BCUT2D eigenvalue weighted by molar-refractivity contribution is -0.129. The summed E-state index contributed by atoms with van der Waals surface area (Å²) in [6, 6.07) is 23.2. The van der Waals surface area contributed by atoms with Crippen molar-refractivity contribution in [2.75, 3.05) is 34.3 Å². The lowest BCUT2D eigenvalue weighted by Crippen LogP contribution is -2.33. The van der Waals surface area contributed by atoms with Crippen LogP contribution in [0.3, 0.4) is 0 Å². The maximum Gasteiger partial charge on any atom is 0.290 e. The van der Waals surface area contributed by atoms with Crippen LogP contribution in [0, 0.1) is 0 Å². The molecule has 0 unspecified atom stereocenters. The number of rotatable bonds is 11. The average molecular weight is 541 g/mol. The van der Waals surface area contributed by atoms with E-state index in [2.05, 4.69) is 0 Å². The number of nitrogens with zero attached hydrogens (tertiary/aromatic N) is 2. The number of Topliss-reactive ketones (excluding diaryl/α,β-unsaturated/α-hetero) is 1. The average Bonchev–Trinajstić information content (AvgIpc) is 3.51. The van der Waals surface area contributed by atoms with E-state index in [0.29, 0.717) is 42.2 Å². The number of aliphatic hydroxyl groups excluding tert-OH is 1. The highest BCUT2D eigenvalue weighted by Crippen LogP contribution is 2.42. The molecule has 8 heteroatoms. The Kier molecular flexibility index (Phi) is 7.89. The van der Waals surface area contributed by atoms with Gasteiger partial charge in [0, 0.05) is 11.9 Å². The molecule has 1 aliphatic heterocycles. The summed E-state index contributed by atoms with van der Waals surface area (Å²) >= 11 is 0. The van der Waals surface area contributed by atoms with E-state index in [1.54, 1.807) is 30.3 Å². The molecule has 206 valence electrons. The molecule has 1 aromatic heterocycles. The zero-order valence-corrected chi connectivity index (χ0v) is 22.8. The molecule has 0 saturated carbocycles. The minimum atomic E-state index is -0.826. The van der Waals surface area contributed by atoms with Gasteiger partial charge in [-0.3, -0.25) is 9.59 Å². The Balaban J connectivity index is 1.50. The third-order valence-electron chi connectivity index (χ3n) is 6.94. The number of ketones is 1. The summed E-state index contributed by atoms with van der Waals surface area (Å²) in [6.07, 6.45) is 0.657. The van der Waals surface area contributed by atoms with E-state index in [9.17, 15) is 14.7 Å². The molecule has 0 spiro atoms. The van der Waals surface area contributed by atoms with Crippen molar-refractivity contribution < 1.29 is 28.6 Å². The zero-order chi connectivity index (χ0) is 28.2. The van der Waals surface area contributed by atoms with Crippen molar-refractivity contribution in [3.8, 4) is 11.5 Å². The highest BCUT2D eigenvalue weighted by Gasteiger charge is 2.44. The molecule has 0 aliphatic carbocycles. The molecule has 0 bridgehead atoms. The largest absolute Gasteiger partial charge is 0.503 e. The number of amides is 1. The number of ether oxygens (including phenoxy) is 2. The molecule has 5 rings (SSSR count). The summed E-state index contributed by atoms with van der Waals surface area (Å²) in [6.45, 7) is 1.43. The van der Waals surface area contributed by atoms with Crippen molar-refractivity contribution in [2.45, 2.75) is 19.1 Å². The second kappa shape index (κ2) is 11.7. The molecule has 40 heavy (non-hydrogen) atoms. The topological polar surface area (TPSA) is 92.5 Å². The Labute approximate surface area is 233 Å². The SMILES string of the molecule is COc1cc([C@H]2C(C(=O)c3cc4ccccc4o3)=C(O)C(=O)N2CCCN(C)C)ccc1OCc1ccccc1. The molecule has 0 fully saturated rings. The van der Waals surface area contributed by atoms with Crippen LogP contribution >= 0.6 is 0 Å². The van der Waals surface area contributed by atoms with Crippen LogP contribution in [0.15, 0.2) is 94.6 Å². The van der Waals surface area contributed by atoms with Crippen LogP contribution in [0.25, 0.3) is 11.0 Å². The molecule has 0 saturated heterocycles. The van der Waals surface area contributed by atoms with E-state index in [4.69, 9.17) is 13.9 Å². The second-order valence-electron chi connectivity index (χ2n) is 9.98. The number of furan rings is 1. The Morgan fingerprint density at radius 1 is 1.00 bits per heavy atom. The van der Waals surface area contributed by atoms with Crippen LogP contribution in [0.2, 0.25) is 0 Å². The summed E-state index contributed by atoms with van der Waals surface area (Å²) in [5.74, 6) is -0.653. The van der Waals surface area contributed by atoms with E-state index in [1.807, 2.05) is 67.5 Å². The molecule has 1 N–H and O–H groups in total. The predicted molar refractivity (Wildman–Crippen MR) is 152 cm³/mol. The standard InChI is InChI=1S/C32H32N2O6/c1-33(2)16-9-17-34-29(23-14-15-25(26(19-23)38-3)39-20-21-10-5-4-6-11-21)28(31(36)32(34)37)30(35)27-18-22-12-7-8-13-24(22)40-27/h4-8,10-15,18-19,29,36H,9,16-17,20H2,1-3H3/t29-/m0/s1. The molecule has 1 amide bonds. The lowest BCUT2D eigenvalue weighted by atomic mass is 9.94. The fourth-order valence-electron chi connectivity index (χ4n) is 4.96. The molecule has 3 aromatic carbocycles. The van der Waals surface area contributed by atoms with Crippen molar-refractivity contribution >= 4 is 22.7 Å². The number of benzene rings is 3. The van der Waals surface area contributed by atoms with Gasteiger partial charge in [-0.2, -0.15) is 0 Å². The third-order valence-corrected chi connectivity index (χ3v) is 6.94. The van der Waals surface area contributed by atoms with Crippen LogP contribution in [0.1, 0.15) is 34.1 Å². The van der Waals surface area contributed by atoms with E-state index >= 15 is 0 Å². The van der Waals surface area contributed by atoms with E-state index < -0.39 is 23.5 Å². The maximum absolute atomic E-state index is 13.8. The van der Waals surface area contributed by atoms with Gasteiger partial charge in [-0.15, -0.1) is 0 Å². The minimum Gasteiger partial charge on any atom is -0.503 e. The normalized spacial score (nSPS) is 15.3. The van der Waals surface area contributed by atoms with Crippen LogP contribution in [-0.2, 0) is 11.4 Å². The van der Waals surface area contributed by atoms with Gasteiger partial charge in [0.1, 0.15) is 12.2 Å². The number of para-hydroxylation sites is 1. The minimum absolute atomic E-state index is 0.0195. The molecule has 4 aromatic rings. The third kappa shape index (κ3) is 5.44. The van der Waals surface area contributed by atoms with E-state index in [0.717, 1.165) is 17.5 Å². The van der Waals surface area contributed by atoms with Crippen LogP contribution in [-0.4, -0.2) is 60.9 Å². The monoisotopic (exact) mass is 540 g/mol. The fourth-order valence-corrected chi connectivity index (χ4v) is 4.96. The Morgan fingerprint density at radius 3 is 2.48 bits per heavy atom. The molecular formula is C32H32N2O6. The lowest BCUT2D eigenvalue weighted by Gasteiger charge is -2.27. The van der Waals surface area contributed by atoms with Gasteiger partial charge in [0.05, 0.1) is 18.7 Å². The quantitative estimate of drug-likeness (QED) is 0.249. The molecular weight excluding hydrogens is 508 g/mol. The molecule has 8 nitrogen and oxygen atoms in total. The van der Waals surface area contributed by atoms with Gasteiger partial charge < -0.3 is 28.8 Å². The van der Waals surface area contributed by atoms with Crippen LogP contribution < -0.4 is 9.47 Å². The zero-order valence-electron chi connectivity index (χ0n) is 22.8. The number of hydrogen-bond donors (Lipinski definition) is 1. The molecule has 1 aliphatic rings. The van der Waals surface area contributed by atoms with Gasteiger partial charge in [0.15, 0.2) is 23.0 Å². The second-order valence-corrected chi connectivity index (χ2v) is 9.98. The van der Waals surface area contributed by atoms with Crippen molar-refractivity contribution in [3.63, 3.8) is 0 Å². The summed E-state index contributed by atoms with van der Waals surface area (Å²) in [7, 11) is 5.44. The number of fused-ring (bicyclic) bond motifs is 1. The highest BCUT2D eigenvalue weighted by atomic mass is 16.5. The van der Waals surface area contributed by atoms with Crippen molar-refractivity contribution in [1.82, 2.24) is 9.80 Å². The maximum atomic E-state index is 13.8. The van der Waals surface area contributed by atoms with Crippen molar-refractivity contribution in [1.29, 1.82) is 0 Å². The number of carbonyl (C=O) groups is 2. The number of carbonyl (C=O) groups excluding carboxylic acids is 2. The Morgan fingerprint density at radius 2 is 1.75 bits per heavy atom. The Bertz CT molecular complexity index is 1520. The first-order valence-electron chi connectivity index (χ1n) is 13.1. The first-order valence-corrected chi connectivity index (χ1v) is 13.1.